The molecule has 1 amide bonds. The highest BCUT2D eigenvalue weighted by Gasteiger charge is 2.26. The van der Waals surface area contributed by atoms with E-state index in [1.807, 2.05) is 7.05 Å². The summed E-state index contributed by atoms with van der Waals surface area (Å²) in [6.07, 6.45) is 6.51. The maximum absolute atomic E-state index is 12.1. The highest BCUT2D eigenvalue weighted by atomic mass is 16.2. The van der Waals surface area contributed by atoms with Crippen molar-refractivity contribution in [1.82, 2.24) is 9.88 Å². The Morgan fingerprint density at radius 2 is 2.35 bits per heavy atom. The van der Waals surface area contributed by atoms with Crippen LogP contribution in [0.2, 0.25) is 0 Å². The SMILES string of the molecule is CCC(CC1CC1)NC(=O)c1cc(N)cn1C. The van der Waals surface area contributed by atoms with E-state index >= 15 is 0 Å². The molecule has 3 N–H and O–H groups in total. The lowest BCUT2D eigenvalue weighted by molar-refractivity contribution is 0.0924. The molecule has 94 valence electrons. The van der Waals surface area contributed by atoms with Gasteiger partial charge in [-0.3, -0.25) is 4.79 Å². The number of aryl methyl sites for hydroxylation is 1. The molecule has 1 unspecified atom stereocenters. The highest BCUT2D eigenvalue weighted by molar-refractivity contribution is 5.93. The van der Waals surface area contributed by atoms with Gasteiger partial charge in [-0.15, -0.1) is 0 Å². The normalized spacial score (nSPS) is 16.8. The fourth-order valence-electron chi connectivity index (χ4n) is 2.16. The average Bonchev–Trinajstić information content (AvgIpc) is 3.02. The van der Waals surface area contributed by atoms with Crippen LogP contribution in [0.4, 0.5) is 5.69 Å². The van der Waals surface area contributed by atoms with Crippen LogP contribution in [-0.2, 0) is 7.05 Å². The molecule has 0 radical (unpaired) electrons. The summed E-state index contributed by atoms with van der Waals surface area (Å²) in [5.41, 5.74) is 6.94. The van der Waals surface area contributed by atoms with Crippen molar-refractivity contribution in [1.29, 1.82) is 0 Å². The third-order valence-electron chi connectivity index (χ3n) is 3.40. The first-order chi connectivity index (χ1) is 8.10. The fourth-order valence-corrected chi connectivity index (χ4v) is 2.16. The first kappa shape index (κ1) is 12.0. The molecule has 17 heavy (non-hydrogen) atoms. The van der Waals surface area contributed by atoms with Gasteiger partial charge in [-0.2, -0.15) is 0 Å². The minimum absolute atomic E-state index is 0.0169. The van der Waals surface area contributed by atoms with Gasteiger partial charge in [0, 0.05) is 19.3 Å². The Morgan fingerprint density at radius 1 is 1.65 bits per heavy atom. The lowest BCUT2D eigenvalue weighted by atomic mass is 10.1. The van der Waals surface area contributed by atoms with Crippen LogP contribution in [0.25, 0.3) is 0 Å². The van der Waals surface area contributed by atoms with Gasteiger partial charge in [0.05, 0.1) is 5.69 Å². The lowest BCUT2D eigenvalue weighted by Crippen LogP contribution is -2.35. The smallest absolute Gasteiger partial charge is 0.268 e. The number of carbonyl (C=O) groups excluding carboxylic acids is 1. The molecule has 1 aliphatic rings. The zero-order chi connectivity index (χ0) is 12.4. The summed E-state index contributed by atoms with van der Waals surface area (Å²) in [4.78, 5) is 12.1. The molecule has 0 saturated heterocycles. The number of nitrogen functional groups attached to an aromatic ring is 1. The van der Waals surface area contributed by atoms with Gasteiger partial charge in [0.2, 0.25) is 0 Å². The zero-order valence-corrected chi connectivity index (χ0v) is 10.6. The van der Waals surface area contributed by atoms with Gasteiger partial charge < -0.3 is 15.6 Å². The van der Waals surface area contributed by atoms with E-state index in [1.54, 1.807) is 16.8 Å². The van der Waals surface area contributed by atoms with E-state index in [1.165, 1.54) is 12.8 Å². The molecule has 1 heterocycles. The number of nitrogens with one attached hydrogen (secondary N) is 1. The number of hydrogen-bond acceptors (Lipinski definition) is 2. The molecule has 4 heteroatoms. The topological polar surface area (TPSA) is 60.1 Å². The van der Waals surface area contributed by atoms with Gasteiger partial charge in [-0.1, -0.05) is 19.8 Å². The molecule has 1 atom stereocenters. The van der Waals surface area contributed by atoms with Crippen LogP contribution < -0.4 is 11.1 Å². The van der Waals surface area contributed by atoms with E-state index in [0.29, 0.717) is 17.4 Å². The second-order valence-corrected chi connectivity index (χ2v) is 5.03. The minimum atomic E-state index is -0.0169. The summed E-state index contributed by atoms with van der Waals surface area (Å²) in [6, 6.07) is 2.02. The first-order valence-electron chi connectivity index (χ1n) is 6.32. The summed E-state index contributed by atoms with van der Waals surface area (Å²) in [6.45, 7) is 2.12. The van der Waals surface area contributed by atoms with E-state index in [4.69, 9.17) is 5.73 Å². The summed E-state index contributed by atoms with van der Waals surface area (Å²) in [7, 11) is 1.84. The monoisotopic (exact) mass is 235 g/mol. The van der Waals surface area contributed by atoms with Crippen molar-refractivity contribution in [2.75, 3.05) is 5.73 Å². The van der Waals surface area contributed by atoms with Crippen molar-refractivity contribution < 1.29 is 4.79 Å². The predicted octanol–water partition coefficient (Wildman–Crippen LogP) is 1.92. The van der Waals surface area contributed by atoms with Gasteiger partial charge in [-0.25, -0.2) is 0 Å². The molecule has 0 bridgehead atoms. The largest absolute Gasteiger partial charge is 0.397 e. The highest BCUT2D eigenvalue weighted by Crippen LogP contribution is 2.34. The number of hydrogen-bond donors (Lipinski definition) is 2. The molecule has 1 fully saturated rings. The van der Waals surface area contributed by atoms with Crippen molar-refractivity contribution >= 4 is 11.6 Å². The van der Waals surface area contributed by atoms with Crippen molar-refractivity contribution in [2.24, 2.45) is 13.0 Å². The van der Waals surface area contributed by atoms with Crippen LogP contribution in [0.15, 0.2) is 12.3 Å². The van der Waals surface area contributed by atoms with Gasteiger partial charge in [0.1, 0.15) is 5.69 Å². The molecule has 4 nitrogen and oxygen atoms in total. The molecule has 1 aromatic rings. The van der Waals surface area contributed by atoms with Crippen LogP contribution in [0, 0.1) is 5.92 Å². The first-order valence-corrected chi connectivity index (χ1v) is 6.32. The average molecular weight is 235 g/mol. The number of nitrogens with zero attached hydrogens (tertiary/aromatic N) is 1. The summed E-state index contributed by atoms with van der Waals surface area (Å²) >= 11 is 0. The van der Waals surface area contributed by atoms with Crippen molar-refractivity contribution in [2.45, 2.75) is 38.6 Å². The lowest BCUT2D eigenvalue weighted by Gasteiger charge is -2.16. The second kappa shape index (κ2) is 4.82. The number of nitrogens with two attached hydrogens (primary N) is 1. The Morgan fingerprint density at radius 3 is 2.82 bits per heavy atom. The van der Waals surface area contributed by atoms with Crippen molar-refractivity contribution in [3.05, 3.63) is 18.0 Å². The summed E-state index contributed by atoms with van der Waals surface area (Å²) in [5, 5.41) is 3.09. The van der Waals surface area contributed by atoms with Gasteiger partial charge in [-0.05, 0) is 24.8 Å². The Kier molecular flexibility index (Phi) is 3.41. The van der Waals surface area contributed by atoms with Crippen LogP contribution in [0.1, 0.15) is 43.1 Å². The Hall–Kier alpha value is -1.45. The van der Waals surface area contributed by atoms with Crippen LogP contribution >= 0.6 is 0 Å². The Labute approximate surface area is 102 Å². The van der Waals surface area contributed by atoms with Crippen molar-refractivity contribution in [3.63, 3.8) is 0 Å². The van der Waals surface area contributed by atoms with E-state index in [2.05, 4.69) is 12.2 Å². The molecule has 2 rings (SSSR count). The second-order valence-electron chi connectivity index (χ2n) is 5.03. The Balaban J connectivity index is 1.96. The Bertz CT molecular complexity index is 407. The van der Waals surface area contributed by atoms with E-state index < -0.39 is 0 Å². The quantitative estimate of drug-likeness (QED) is 0.819. The molecular formula is C13H21N3O. The third-order valence-corrected chi connectivity index (χ3v) is 3.40. The third kappa shape index (κ3) is 3.02. The predicted molar refractivity (Wildman–Crippen MR) is 68.7 cm³/mol. The number of anilines is 1. The molecule has 1 aromatic heterocycles. The van der Waals surface area contributed by atoms with Gasteiger partial charge >= 0.3 is 0 Å². The van der Waals surface area contributed by atoms with Crippen molar-refractivity contribution in [3.8, 4) is 0 Å². The van der Waals surface area contributed by atoms with E-state index in [0.717, 1.165) is 18.8 Å². The molecule has 0 spiro atoms. The summed E-state index contributed by atoms with van der Waals surface area (Å²) in [5.74, 6) is 0.815. The minimum Gasteiger partial charge on any atom is -0.397 e. The van der Waals surface area contributed by atoms with Crippen LogP contribution in [0.3, 0.4) is 0 Å². The molecule has 0 aromatic carbocycles. The molecule has 0 aliphatic heterocycles. The van der Waals surface area contributed by atoms with Gasteiger partial charge in [0.15, 0.2) is 0 Å². The fraction of sp³-hybridized carbons (Fsp3) is 0.615. The zero-order valence-electron chi connectivity index (χ0n) is 10.6. The molecule has 1 saturated carbocycles. The van der Waals surface area contributed by atoms with E-state index in [-0.39, 0.29) is 5.91 Å². The van der Waals surface area contributed by atoms with Gasteiger partial charge in [0.25, 0.3) is 5.91 Å². The number of carbonyl (C=O) groups is 1. The standard InChI is InChI=1S/C13H21N3O/c1-3-11(6-9-4-5-9)15-13(17)12-7-10(14)8-16(12)2/h7-9,11H,3-6,14H2,1-2H3,(H,15,17). The number of amides is 1. The van der Waals surface area contributed by atoms with Crippen LogP contribution in [0.5, 0.6) is 0 Å². The van der Waals surface area contributed by atoms with E-state index in [9.17, 15) is 4.79 Å². The number of aromatic nitrogens is 1. The molecule has 1 aliphatic carbocycles. The maximum atomic E-state index is 12.1. The summed E-state index contributed by atoms with van der Waals surface area (Å²) < 4.78 is 1.77. The molecular weight excluding hydrogens is 214 g/mol. The maximum Gasteiger partial charge on any atom is 0.268 e. The van der Waals surface area contributed by atoms with Crippen LogP contribution in [-0.4, -0.2) is 16.5 Å². The number of rotatable bonds is 5.